The van der Waals surface area contributed by atoms with Crippen LogP contribution in [-0.2, 0) is 9.84 Å². The van der Waals surface area contributed by atoms with Gasteiger partial charge in [0.25, 0.3) is 0 Å². The van der Waals surface area contributed by atoms with Crippen LogP contribution in [0, 0.1) is 0 Å². The molecule has 1 unspecified atom stereocenters. The minimum Gasteiger partial charge on any atom is -0.508 e. The van der Waals surface area contributed by atoms with E-state index < -0.39 is 9.84 Å². The van der Waals surface area contributed by atoms with Crippen LogP contribution in [0.15, 0.2) is 18.2 Å². The molecular formula is C12H19NO4S. The first kappa shape index (κ1) is 14.8. The van der Waals surface area contributed by atoms with Crippen molar-refractivity contribution in [3.63, 3.8) is 0 Å². The first-order chi connectivity index (χ1) is 8.29. The molecule has 102 valence electrons. The van der Waals surface area contributed by atoms with E-state index in [0.29, 0.717) is 18.5 Å². The van der Waals surface area contributed by atoms with Crippen LogP contribution in [0.3, 0.4) is 0 Å². The zero-order chi connectivity index (χ0) is 13.8. The van der Waals surface area contributed by atoms with Crippen LogP contribution in [-0.4, -0.2) is 37.2 Å². The Morgan fingerprint density at radius 1 is 1.33 bits per heavy atom. The summed E-state index contributed by atoms with van der Waals surface area (Å²) in [5.74, 6) is 0.188. The number of aromatic hydroxyl groups is 2. The molecule has 18 heavy (non-hydrogen) atoms. The van der Waals surface area contributed by atoms with Gasteiger partial charge < -0.3 is 15.5 Å². The van der Waals surface area contributed by atoms with E-state index in [0.717, 1.165) is 0 Å². The fourth-order valence-electron chi connectivity index (χ4n) is 1.66. The van der Waals surface area contributed by atoms with Crippen LogP contribution in [0.5, 0.6) is 11.5 Å². The highest BCUT2D eigenvalue weighted by Crippen LogP contribution is 2.27. The van der Waals surface area contributed by atoms with E-state index in [1.165, 1.54) is 18.4 Å². The molecule has 0 amide bonds. The van der Waals surface area contributed by atoms with Gasteiger partial charge in [0.1, 0.15) is 21.3 Å². The zero-order valence-electron chi connectivity index (χ0n) is 10.5. The third-order valence-corrected chi connectivity index (χ3v) is 3.65. The maximum absolute atomic E-state index is 10.9. The summed E-state index contributed by atoms with van der Waals surface area (Å²) in [5, 5.41) is 22.0. The third-order valence-electron chi connectivity index (χ3n) is 2.62. The van der Waals surface area contributed by atoms with Gasteiger partial charge in [-0.15, -0.1) is 0 Å². The fourth-order valence-corrected chi connectivity index (χ4v) is 2.33. The highest BCUT2D eigenvalue weighted by atomic mass is 32.2. The zero-order valence-corrected chi connectivity index (χ0v) is 11.4. The van der Waals surface area contributed by atoms with E-state index in [9.17, 15) is 18.6 Å². The first-order valence-corrected chi connectivity index (χ1v) is 7.78. The number of hydrogen-bond donors (Lipinski definition) is 3. The summed E-state index contributed by atoms with van der Waals surface area (Å²) in [6.45, 7) is 2.42. The number of hydrogen-bond acceptors (Lipinski definition) is 5. The molecule has 3 N–H and O–H groups in total. The molecule has 0 heterocycles. The predicted molar refractivity (Wildman–Crippen MR) is 70.5 cm³/mol. The largest absolute Gasteiger partial charge is 0.508 e. The van der Waals surface area contributed by atoms with Gasteiger partial charge in [0.15, 0.2) is 0 Å². The van der Waals surface area contributed by atoms with Crippen molar-refractivity contribution in [2.24, 2.45) is 0 Å². The molecule has 0 aliphatic carbocycles. The molecule has 5 nitrogen and oxygen atoms in total. The first-order valence-electron chi connectivity index (χ1n) is 5.72. The van der Waals surface area contributed by atoms with E-state index in [1.807, 2.05) is 6.92 Å². The summed E-state index contributed by atoms with van der Waals surface area (Å²) >= 11 is 0. The highest BCUT2D eigenvalue weighted by molar-refractivity contribution is 7.90. The lowest BCUT2D eigenvalue weighted by molar-refractivity contribution is 0.436. The Kier molecular flexibility index (Phi) is 4.98. The number of sulfone groups is 1. The average molecular weight is 273 g/mol. The molecule has 0 saturated heterocycles. The van der Waals surface area contributed by atoms with Gasteiger partial charge in [-0.2, -0.15) is 0 Å². The van der Waals surface area contributed by atoms with Crippen molar-refractivity contribution in [1.29, 1.82) is 0 Å². The summed E-state index contributed by atoms with van der Waals surface area (Å²) in [6.07, 6.45) is 1.74. The number of phenolic OH excluding ortho intramolecular Hbond substituents is 2. The van der Waals surface area contributed by atoms with Crippen molar-refractivity contribution < 1.29 is 18.6 Å². The van der Waals surface area contributed by atoms with Crippen LogP contribution in [0.2, 0.25) is 0 Å². The molecular weight excluding hydrogens is 254 g/mol. The fraction of sp³-hybridized carbons (Fsp3) is 0.500. The lowest BCUT2D eigenvalue weighted by atomic mass is 10.1. The summed E-state index contributed by atoms with van der Waals surface area (Å²) in [6, 6.07) is 4.32. The Hall–Kier alpha value is -1.27. The summed E-state index contributed by atoms with van der Waals surface area (Å²) in [7, 11) is -2.92. The molecule has 1 rings (SSSR count). The van der Waals surface area contributed by atoms with E-state index in [1.54, 1.807) is 6.07 Å². The molecule has 0 aliphatic rings. The molecule has 0 aromatic heterocycles. The Bertz CT molecular complexity index is 499. The van der Waals surface area contributed by atoms with E-state index in [2.05, 4.69) is 5.32 Å². The molecule has 1 atom stereocenters. The van der Waals surface area contributed by atoms with Crippen molar-refractivity contribution >= 4 is 9.84 Å². The second-order valence-electron chi connectivity index (χ2n) is 4.40. The SMILES string of the molecule is CC(NCCCS(C)(=O)=O)c1ccc(O)cc1O. The molecule has 0 saturated carbocycles. The predicted octanol–water partition coefficient (Wildman–Crippen LogP) is 1.18. The quantitative estimate of drug-likeness (QED) is 0.678. The van der Waals surface area contributed by atoms with Crippen molar-refractivity contribution in [3.8, 4) is 11.5 Å². The lowest BCUT2D eigenvalue weighted by Gasteiger charge is -2.15. The van der Waals surface area contributed by atoms with Gasteiger partial charge in [0, 0.05) is 23.9 Å². The Morgan fingerprint density at radius 2 is 2.00 bits per heavy atom. The number of phenols is 2. The van der Waals surface area contributed by atoms with Gasteiger partial charge in [-0.3, -0.25) is 0 Å². The molecule has 1 aromatic carbocycles. The molecule has 1 aromatic rings. The topological polar surface area (TPSA) is 86.6 Å². The second kappa shape index (κ2) is 6.06. The van der Waals surface area contributed by atoms with Gasteiger partial charge in [-0.25, -0.2) is 8.42 Å². The molecule has 0 aliphatic heterocycles. The standard InChI is InChI=1S/C12H19NO4S/c1-9(13-6-3-7-18(2,16)17)11-5-4-10(14)8-12(11)15/h4-5,8-9,13-15H,3,6-7H2,1-2H3. The highest BCUT2D eigenvalue weighted by Gasteiger charge is 2.10. The third kappa shape index (κ3) is 4.93. The van der Waals surface area contributed by atoms with Gasteiger partial charge in [0.05, 0.1) is 5.75 Å². The van der Waals surface area contributed by atoms with Crippen LogP contribution in [0.25, 0.3) is 0 Å². The monoisotopic (exact) mass is 273 g/mol. The van der Waals surface area contributed by atoms with Crippen LogP contribution < -0.4 is 5.32 Å². The van der Waals surface area contributed by atoms with Crippen molar-refractivity contribution in [2.45, 2.75) is 19.4 Å². The number of nitrogens with one attached hydrogen (secondary N) is 1. The maximum Gasteiger partial charge on any atom is 0.147 e. The smallest absolute Gasteiger partial charge is 0.147 e. The molecule has 6 heteroatoms. The van der Waals surface area contributed by atoms with Gasteiger partial charge in [0.2, 0.25) is 0 Å². The van der Waals surface area contributed by atoms with Crippen LogP contribution in [0.1, 0.15) is 24.9 Å². The lowest BCUT2D eigenvalue weighted by Crippen LogP contribution is -2.21. The second-order valence-corrected chi connectivity index (χ2v) is 6.66. The van der Waals surface area contributed by atoms with Gasteiger partial charge in [-0.1, -0.05) is 6.07 Å². The normalized spacial score (nSPS) is 13.4. The van der Waals surface area contributed by atoms with Gasteiger partial charge in [-0.05, 0) is 26.0 Å². The summed E-state index contributed by atoms with van der Waals surface area (Å²) in [5.41, 5.74) is 0.673. The number of rotatable bonds is 6. The van der Waals surface area contributed by atoms with E-state index in [4.69, 9.17) is 0 Å². The minimum atomic E-state index is -2.92. The van der Waals surface area contributed by atoms with Gasteiger partial charge >= 0.3 is 0 Å². The minimum absolute atomic E-state index is 0.0144. The average Bonchev–Trinajstić information content (AvgIpc) is 2.22. The van der Waals surface area contributed by atoms with Crippen molar-refractivity contribution in [1.82, 2.24) is 5.32 Å². The summed E-state index contributed by atoms with van der Waals surface area (Å²) in [4.78, 5) is 0. The maximum atomic E-state index is 10.9. The van der Waals surface area contributed by atoms with E-state index >= 15 is 0 Å². The molecule has 0 spiro atoms. The molecule has 0 fully saturated rings. The summed E-state index contributed by atoms with van der Waals surface area (Å²) < 4.78 is 21.9. The Morgan fingerprint density at radius 3 is 2.56 bits per heavy atom. The molecule has 0 radical (unpaired) electrons. The number of benzene rings is 1. The van der Waals surface area contributed by atoms with Crippen molar-refractivity contribution in [2.75, 3.05) is 18.6 Å². The van der Waals surface area contributed by atoms with Crippen LogP contribution >= 0.6 is 0 Å². The Balaban J connectivity index is 2.48. The Labute approximate surface area is 107 Å². The van der Waals surface area contributed by atoms with Crippen LogP contribution in [0.4, 0.5) is 0 Å². The van der Waals surface area contributed by atoms with E-state index in [-0.39, 0.29) is 23.3 Å². The molecule has 0 bridgehead atoms. The van der Waals surface area contributed by atoms with Crippen molar-refractivity contribution in [3.05, 3.63) is 23.8 Å².